The Labute approximate surface area is 118 Å². The van der Waals surface area contributed by atoms with Gasteiger partial charge in [0.15, 0.2) is 0 Å². The third kappa shape index (κ3) is 7.92. The second-order valence-electron chi connectivity index (χ2n) is 4.04. The summed E-state index contributed by atoms with van der Waals surface area (Å²) in [6, 6.07) is 9.13. The maximum Gasteiger partial charge on any atom is 0.411 e. The van der Waals surface area contributed by atoms with Crippen LogP contribution in [0.4, 0.5) is 10.5 Å². The summed E-state index contributed by atoms with van der Waals surface area (Å²) >= 11 is 0. The quantitative estimate of drug-likeness (QED) is 0.472. The molecule has 0 saturated heterocycles. The van der Waals surface area contributed by atoms with Crippen LogP contribution >= 0.6 is 0 Å². The molecule has 0 aliphatic heterocycles. The Balaban J connectivity index is 2.03. The highest BCUT2D eigenvalue weighted by Crippen LogP contribution is 2.05. The first kappa shape index (κ1) is 15.8. The minimum atomic E-state index is -0.458. The minimum Gasteiger partial charge on any atom is -0.462 e. The Hall–Kier alpha value is -2.30. The van der Waals surface area contributed by atoms with E-state index < -0.39 is 6.09 Å². The van der Waals surface area contributed by atoms with Crippen molar-refractivity contribution in [3.8, 4) is 0 Å². The van der Waals surface area contributed by atoms with Crippen LogP contribution in [0.15, 0.2) is 42.5 Å². The Morgan fingerprint density at radius 2 is 1.90 bits per heavy atom. The highest BCUT2D eigenvalue weighted by molar-refractivity contribution is 5.84. The van der Waals surface area contributed by atoms with Gasteiger partial charge in [-0.2, -0.15) is 0 Å². The lowest BCUT2D eigenvalue weighted by Gasteiger charge is -2.05. The predicted octanol–water partition coefficient (Wildman–Crippen LogP) is 3.13. The summed E-state index contributed by atoms with van der Waals surface area (Å²) in [7, 11) is 0. The molecular weight excluding hydrogens is 258 g/mol. The molecule has 20 heavy (non-hydrogen) atoms. The molecule has 0 unspecified atom stereocenters. The maximum atomic E-state index is 11.4. The van der Waals surface area contributed by atoms with E-state index >= 15 is 0 Å². The van der Waals surface area contributed by atoms with Gasteiger partial charge >= 0.3 is 12.1 Å². The lowest BCUT2D eigenvalue weighted by atomic mass is 10.3. The maximum absolute atomic E-state index is 11.4. The van der Waals surface area contributed by atoms with E-state index in [9.17, 15) is 9.59 Å². The van der Waals surface area contributed by atoms with Crippen molar-refractivity contribution in [1.29, 1.82) is 0 Å². The fourth-order valence-corrected chi connectivity index (χ4v) is 1.39. The second kappa shape index (κ2) is 9.61. The van der Waals surface area contributed by atoms with Crippen LogP contribution in [0.1, 0.15) is 19.8 Å². The van der Waals surface area contributed by atoms with Crippen molar-refractivity contribution in [1.82, 2.24) is 0 Å². The molecule has 0 heterocycles. The molecular formula is C15H19NO4. The van der Waals surface area contributed by atoms with E-state index in [1.807, 2.05) is 24.3 Å². The fraction of sp³-hybridized carbons (Fsp3) is 0.333. The van der Waals surface area contributed by atoms with Crippen LogP contribution < -0.4 is 5.32 Å². The number of ether oxygens (including phenoxy) is 2. The van der Waals surface area contributed by atoms with Gasteiger partial charge in [-0.1, -0.05) is 30.4 Å². The van der Waals surface area contributed by atoms with Gasteiger partial charge < -0.3 is 9.47 Å². The van der Waals surface area contributed by atoms with Gasteiger partial charge in [-0.3, -0.25) is 10.1 Å². The number of allylic oxidation sites excluding steroid dienone is 1. The Morgan fingerprint density at radius 3 is 2.60 bits per heavy atom. The molecule has 1 aromatic rings. The molecule has 5 heteroatoms. The molecule has 5 nitrogen and oxygen atoms in total. The van der Waals surface area contributed by atoms with Gasteiger partial charge in [-0.25, -0.2) is 4.79 Å². The van der Waals surface area contributed by atoms with Gasteiger partial charge in [0.2, 0.25) is 0 Å². The number of hydrogen-bond acceptors (Lipinski definition) is 4. The average Bonchev–Trinajstić information content (AvgIpc) is 2.42. The fourth-order valence-electron chi connectivity index (χ4n) is 1.39. The molecule has 0 bridgehead atoms. The van der Waals surface area contributed by atoms with Gasteiger partial charge in [0.25, 0.3) is 0 Å². The zero-order chi connectivity index (χ0) is 14.6. The zero-order valence-corrected chi connectivity index (χ0v) is 11.5. The largest absolute Gasteiger partial charge is 0.462 e. The molecule has 1 amide bonds. The van der Waals surface area contributed by atoms with Crippen LogP contribution in [0.3, 0.4) is 0 Å². The Bertz CT molecular complexity index is 442. The van der Waals surface area contributed by atoms with E-state index in [-0.39, 0.29) is 12.6 Å². The molecule has 0 atom stereocenters. The van der Waals surface area contributed by atoms with E-state index in [1.165, 1.54) is 6.92 Å². The number of nitrogens with one attached hydrogen (secondary N) is 1. The number of rotatable bonds is 7. The highest BCUT2D eigenvalue weighted by atomic mass is 16.5. The van der Waals surface area contributed by atoms with Crippen molar-refractivity contribution in [2.45, 2.75) is 19.8 Å². The SMILES string of the molecule is CC(=O)OC/C=C/CCCOC(=O)Nc1ccccc1. The van der Waals surface area contributed by atoms with Gasteiger partial charge in [-0.05, 0) is 25.0 Å². The Kier molecular flexibility index (Phi) is 7.57. The molecule has 0 saturated carbocycles. The zero-order valence-electron chi connectivity index (χ0n) is 11.5. The summed E-state index contributed by atoms with van der Waals surface area (Å²) in [5.41, 5.74) is 0.707. The second-order valence-corrected chi connectivity index (χ2v) is 4.04. The lowest BCUT2D eigenvalue weighted by molar-refractivity contribution is -0.139. The van der Waals surface area contributed by atoms with E-state index in [0.29, 0.717) is 12.3 Å². The van der Waals surface area contributed by atoms with Gasteiger partial charge in [0.05, 0.1) is 6.61 Å². The smallest absolute Gasteiger partial charge is 0.411 e. The summed E-state index contributed by atoms with van der Waals surface area (Å²) in [6.07, 6.45) is 4.69. The number of hydrogen-bond donors (Lipinski definition) is 1. The molecule has 1 N–H and O–H groups in total. The standard InChI is InChI=1S/C15H19NO4/c1-13(17)19-11-7-2-3-8-12-20-15(18)16-14-9-5-4-6-10-14/h2,4-7,9-10H,3,8,11-12H2,1H3,(H,16,18)/b7-2+. The normalized spacial score (nSPS) is 10.2. The van der Waals surface area contributed by atoms with Crippen LogP contribution in [0, 0.1) is 0 Å². The van der Waals surface area contributed by atoms with Crippen LogP contribution in [0.5, 0.6) is 0 Å². The van der Waals surface area contributed by atoms with Crippen LogP contribution in [0.25, 0.3) is 0 Å². The summed E-state index contributed by atoms with van der Waals surface area (Å²) in [4.78, 5) is 21.9. The summed E-state index contributed by atoms with van der Waals surface area (Å²) in [5, 5.41) is 2.63. The first-order valence-electron chi connectivity index (χ1n) is 6.45. The molecule has 0 aliphatic rings. The van der Waals surface area contributed by atoms with E-state index in [4.69, 9.17) is 9.47 Å². The minimum absolute atomic E-state index is 0.282. The van der Waals surface area contributed by atoms with Crippen molar-refractivity contribution >= 4 is 17.7 Å². The topological polar surface area (TPSA) is 64.6 Å². The Morgan fingerprint density at radius 1 is 1.15 bits per heavy atom. The predicted molar refractivity (Wildman–Crippen MR) is 76.4 cm³/mol. The highest BCUT2D eigenvalue weighted by Gasteiger charge is 2.01. The van der Waals surface area contributed by atoms with Crippen LogP contribution in [0.2, 0.25) is 0 Å². The van der Waals surface area contributed by atoms with Crippen LogP contribution in [-0.4, -0.2) is 25.3 Å². The number of unbranched alkanes of at least 4 members (excludes halogenated alkanes) is 1. The monoisotopic (exact) mass is 277 g/mol. The molecule has 1 aromatic carbocycles. The molecule has 1 rings (SSSR count). The van der Waals surface area contributed by atoms with Gasteiger partial charge in [0.1, 0.15) is 6.61 Å². The number of esters is 1. The van der Waals surface area contributed by atoms with Gasteiger partial charge in [-0.15, -0.1) is 0 Å². The number of carbonyl (C=O) groups is 2. The number of anilines is 1. The van der Waals surface area contributed by atoms with E-state index in [0.717, 1.165) is 12.8 Å². The molecule has 0 radical (unpaired) electrons. The first-order valence-corrected chi connectivity index (χ1v) is 6.45. The molecule has 0 aromatic heterocycles. The van der Waals surface area contributed by atoms with E-state index in [2.05, 4.69) is 5.32 Å². The number of para-hydroxylation sites is 1. The molecule has 0 spiro atoms. The van der Waals surface area contributed by atoms with Crippen molar-refractivity contribution in [3.05, 3.63) is 42.5 Å². The lowest BCUT2D eigenvalue weighted by Crippen LogP contribution is -2.14. The number of carbonyl (C=O) groups excluding carboxylic acids is 2. The number of amides is 1. The summed E-state index contributed by atoms with van der Waals surface area (Å²) < 4.78 is 9.75. The molecule has 0 fully saturated rings. The summed E-state index contributed by atoms with van der Waals surface area (Å²) in [5.74, 6) is -0.296. The van der Waals surface area contributed by atoms with E-state index in [1.54, 1.807) is 18.2 Å². The first-order chi connectivity index (χ1) is 9.68. The third-order valence-corrected chi connectivity index (χ3v) is 2.32. The van der Waals surface area contributed by atoms with Crippen molar-refractivity contribution in [3.63, 3.8) is 0 Å². The van der Waals surface area contributed by atoms with Crippen LogP contribution in [-0.2, 0) is 14.3 Å². The van der Waals surface area contributed by atoms with Crippen molar-refractivity contribution in [2.75, 3.05) is 18.5 Å². The van der Waals surface area contributed by atoms with Crippen molar-refractivity contribution < 1.29 is 19.1 Å². The number of benzene rings is 1. The molecule has 108 valence electrons. The average molecular weight is 277 g/mol. The molecule has 0 aliphatic carbocycles. The summed E-state index contributed by atoms with van der Waals surface area (Å²) in [6.45, 7) is 1.99. The third-order valence-electron chi connectivity index (χ3n) is 2.32. The van der Waals surface area contributed by atoms with Crippen molar-refractivity contribution in [2.24, 2.45) is 0 Å². The van der Waals surface area contributed by atoms with Gasteiger partial charge in [0, 0.05) is 12.6 Å².